The molecule has 0 amide bonds. The van der Waals surface area contributed by atoms with Crippen molar-refractivity contribution in [2.24, 2.45) is 5.73 Å². The first-order valence-corrected chi connectivity index (χ1v) is 6.75. The monoisotopic (exact) mass is 279 g/mol. The van der Waals surface area contributed by atoms with E-state index < -0.39 is 5.54 Å². The van der Waals surface area contributed by atoms with Crippen LogP contribution in [0.1, 0.15) is 44.0 Å². The molecule has 0 aliphatic carbocycles. The Kier molecular flexibility index (Phi) is 4.22. The molecule has 0 spiro atoms. The summed E-state index contributed by atoms with van der Waals surface area (Å²) in [6.45, 7) is 3.99. The Balaban J connectivity index is 2.13. The van der Waals surface area contributed by atoms with E-state index in [4.69, 9.17) is 21.9 Å². The van der Waals surface area contributed by atoms with Gasteiger partial charge in [0.15, 0.2) is 5.82 Å². The van der Waals surface area contributed by atoms with Crippen molar-refractivity contribution in [3.8, 4) is 0 Å². The smallest absolute Gasteiger partial charge is 0.246 e. The highest BCUT2D eigenvalue weighted by Crippen LogP contribution is 2.22. The van der Waals surface area contributed by atoms with Gasteiger partial charge in [-0.2, -0.15) is 4.98 Å². The van der Waals surface area contributed by atoms with Gasteiger partial charge in [0.05, 0.1) is 5.54 Å². The molecule has 1 atom stereocenters. The maximum absolute atomic E-state index is 6.16. The van der Waals surface area contributed by atoms with Gasteiger partial charge in [0, 0.05) is 11.4 Å². The molecule has 2 aromatic rings. The summed E-state index contributed by atoms with van der Waals surface area (Å²) in [5.41, 5.74) is 6.65. The molecule has 0 aliphatic rings. The van der Waals surface area contributed by atoms with Gasteiger partial charge in [0.25, 0.3) is 0 Å². The largest absolute Gasteiger partial charge is 0.337 e. The van der Waals surface area contributed by atoms with E-state index in [-0.39, 0.29) is 0 Å². The standard InChI is InChI=1S/C14H18ClN3O/c1-3-7-14(2,16)13-17-12(18-19-13)9-10-5-4-6-11(15)8-10/h4-6,8H,3,7,9,16H2,1-2H3. The van der Waals surface area contributed by atoms with Crippen LogP contribution in [0.2, 0.25) is 5.02 Å². The third-order valence-electron chi connectivity index (χ3n) is 2.98. The Hall–Kier alpha value is -1.39. The maximum atomic E-state index is 6.16. The fourth-order valence-electron chi connectivity index (χ4n) is 2.01. The van der Waals surface area contributed by atoms with Gasteiger partial charge < -0.3 is 10.3 Å². The predicted molar refractivity (Wildman–Crippen MR) is 75.0 cm³/mol. The van der Waals surface area contributed by atoms with Gasteiger partial charge in [-0.1, -0.05) is 42.2 Å². The summed E-state index contributed by atoms with van der Waals surface area (Å²) in [6, 6.07) is 7.62. The summed E-state index contributed by atoms with van der Waals surface area (Å²) in [6.07, 6.45) is 2.37. The van der Waals surface area contributed by atoms with Crippen LogP contribution in [0.5, 0.6) is 0 Å². The second-order valence-electron chi connectivity index (χ2n) is 4.99. The predicted octanol–water partition coefficient (Wildman–Crippen LogP) is 3.29. The Labute approximate surface area is 118 Å². The molecule has 1 aromatic heterocycles. The quantitative estimate of drug-likeness (QED) is 0.912. The topological polar surface area (TPSA) is 64.9 Å². The molecule has 0 saturated heterocycles. The first-order chi connectivity index (χ1) is 9.01. The first-order valence-electron chi connectivity index (χ1n) is 6.37. The average molecular weight is 280 g/mol. The zero-order valence-electron chi connectivity index (χ0n) is 11.2. The van der Waals surface area contributed by atoms with E-state index in [1.165, 1.54) is 0 Å². The minimum atomic E-state index is -0.561. The molecule has 5 heteroatoms. The Morgan fingerprint density at radius 3 is 2.89 bits per heavy atom. The SMILES string of the molecule is CCCC(C)(N)c1nc(Cc2cccc(Cl)c2)no1. The van der Waals surface area contributed by atoms with Crippen molar-refractivity contribution in [3.05, 3.63) is 46.6 Å². The highest BCUT2D eigenvalue weighted by atomic mass is 35.5. The molecule has 19 heavy (non-hydrogen) atoms. The number of aromatic nitrogens is 2. The number of nitrogens with zero attached hydrogens (tertiary/aromatic N) is 2. The zero-order valence-corrected chi connectivity index (χ0v) is 11.9. The minimum absolute atomic E-state index is 0.492. The van der Waals surface area contributed by atoms with Crippen molar-refractivity contribution in [1.82, 2.24) is 10.1 Å². The highest BCUT2D eigenvalue weighted by molar-refractivity contribution is 6.30. The first kappa shape index (κ1) is 14.0. The molecule has 0 saturated carbocycles. The number of benzene rings is 1. The van der Waals surface area contributed by atoms with E-state index in [0.717, 1.165) is 18.4 Å². The summed E-state index contributed by atoms with van der Waals surface area (Å²) in [5, 5.41) is 4.68. The normalized spacial score (nSPS) is 14.3. The van der Waals surface area contributed by atoms with Gasteiger partial charge in [-0.25, -0.2) is 0 Å². The third kappa shape index (κ3) is 3.55. The molecule has 1 aromatic carbocycles. The van der Waals surface area contributed by atoms with Crippen molar-refractivity contribution in [1.29, 1.82) is 0 Å². The van der Waals surface area contributed by atoms with E-state index in [0.29, 0.717) is 23.2 Å². The number of halogens is 1. The second kappa shape index (κ2) is 5.72. The molecule has 2 rings (SSSR count). The maximum Gasteiger partial charge on any atom is 0.246 e. The van der Waals surface area contributed by atoms with E-state index in [9.17, 15) is 0 Å². The van der Waals surface area contributed by atoms with Crippen molar-refractivity contribution >= 4 is 11.6 Å². The van der Waals surface area contributed by atoms with Crippen LogP contribution in [0, 0.1) is 0 Å². The molecule has 102 valence electrons. The number of hydrogen-bond acceptors (Lipinski definition) is 4. The molecule has 0 aliphatic heterocycles. The van der Waals surface area contributed by atoms with Crippen LogP contribution in [0.3, 0.4) is 0 Å². The molecule has 0 radical (unpaired) electrons. The van der Waals surface area contributed by atoms with Gasteiger partial charge in [-0.15, -0.1) is 0 Å². The Morgan fingerprint density at radius 2 is 2.21 bits per heavy atom. The minimum Gasteiger partial charge on any atom is -0.337 e. The van der Waals surface area contributed by atoms with Crippen LogP contribution in [-0.2, 0) is 12.0 Å². The van der Waals surface area contributed by atoms with Crippen LogP contribution < -0.4 is 5.73 Å². The summed E-state index contributed by atoms with van der Waals surface area (Å²) < 4.78 is 5.27. The van der Waals surface area contributed by atoms with Crippen molar-refractivity contribution < 1.29 is 4.52 Å². The fourth-order valence-corrected chi connectivity index (χ4v) is 2.23. The van der Waals surface area contributed by atoms with Gasteiger partial charge >= 0.3 is 0 Å². The molecular weight excluding hydrogens is 262 g/mol. The van der Waals surface area contributed by atoms with Crippen LogP contribution in [0.15, 0.2) is 28.8 Å². The molecule has 1 heterocycles. The molecule has 1 unspecified atom stereocenters. The van der Waals surface area contributed by atoms with Gasteiger partial charge in [-0.05, 0) is 31.0 Å². The zero-order chi connectivity index (χ0) is 13.9. The summed E-state index contributed by atoms with van der Waals surface area (Å²) in [5.74, 6) is 1.12. The molecule has 0 bridgehead atoms. The van der Waals surface area contributed by atoms with Crippen molar-refractivity contribution in [3.63, 3.8) is 0 Å². The van der Waals surface area contributed by atoms with Crippen molar-refractivity contribution in [2.45, 2.75) is 38.6 Å². The average Bonchev–Trinajstić information content (AvgIpc) is 2.78. The molecular formula is C14H18ClN3O. The molecule has 2 N–H and O–H groups in total. The van der Waals surface area contributed by atoms with Crippen LogP contribution in [-0.4, -0.2) is 10.1 Å². The lowest BCUT2D eigenvalue weighted by Crippen LogP contribution is -2.33. The molecule has 0 fully saturated rings. The van der Waals surface area contributed by atoms with E-state index >= 15 is 0 Å². The highest BCUT2D eigenvalue weighted by Gasteiger charge is 2.27. The lowest BCUT2D eigenvalue weighted by molar-refractivity contribution is 0.282. The van der Waals surface area contributed by atoms with E-state index in [1.807, 2.05) is 31.2 Å². The van der Waals surface area contributed by atoms with E-state index in [2.05, 4.69) is 17.1 Å². The van der Waals surface area contributed by atoms with Crippen molar-refractivity contribution in [2.75, 3.05) is 0 Å². The third-order valence-corrected chi connectivity index (χ3v) is 3.21. The van der Waals surface area contributed by atoms with E-state index in [1.54, 1.807) is 0 Å². The number of rotatable bonds is 5. The van der Waals surface area contributed by atoms with Crippen LogP contribution in [0.25, 0.3) is 0 Å². The summed E-state index contributed by atoms with van der Waals surface area (Å²) in [7, 11) is 0. The fraction of sp³-hybridized carbons (Fsp3) is 0.429. The number of hydrogen-bond donors (Lipinski definition) is 1. The number of nitrogens with two attached hydrogens (primary N) is 1. The lowest BCUT2D eigenvalue weighted by atomic mass is 9.98. The van der Waals surface area contributed by atoms with Gasteiger partial charge in [0.1, 0.15) is 0 Å². The Bertz CT molecular complexity index is 551. The van der Waals surface area contributed by atoms with Gasteiger partial charge in [0.2, 0.25) is 5.89 Å². The second-order valence-corrected chi connectivity index (χ2v) is 5.43. The lowest BCUT2D eigenvalue weighted by Gasteiger charge is -2.18. The summed E-state index contributed by atoms with van der Waals surface area (Å²) >= 11 is 5.95. The Morgan fingerprint density at radius 1 is 1.42 bits per heavy atom. The van der Waals surface area contributed by atoms with Crippen LogP contribution in [0.4, 0.5) is 0 Å². The van der Waals surface area contributed by atoms with Crippen LogP contribution >= 0.6 is 11.6 Å². The summed E-state index contributed by atoms with van der Waals surface area (Å²) in [4.78, 5) is 4.38. The van der Waals surface area contributed by atoms with Gasteiger partial charge in [-0.3, -0.25) is 0 Å². The molecule has 4 nitrogen and oxygen atoms in total.